The van der Waals surface area contributed by atoms with Crippen LogP contribution in [0.15, 0.2) is 48.7 Å². The number of Topliss-reactive ketones (excluding diaryl/α,β-unsaturated/α-hetero) is 1. The highest BCUT2D eigenvalue weighted by molar-refractivity contribution is 6.01. The van der Waals surface area contributed by atoms with Crippen LogP contribution in [0.1, 0.15) is 61.4 Å². The first-order chi connectivity index (χ1) is 16.9. The van der Waals surface area contributed by atoms with Crippen molar-refractivity contribution in [3.63, 3.8) is 0 Å². The van der Waals surface area contributed by atoms with Crippen LogP contribution in [0.5, 0.6) is 0 Å². The van der Waals surface area contributed by atoms with Crippen molar-refractivity contribution in [2.45, 2.75) is 52.4 Å². The third kappa shape index (κ3) is 4.70. The van der Waals surface area contributed by atoms with Gasteiger partial charge in [0, 0.05) is 29.5 Å². The maximum absolute atomic E-state index is 13.2. The number of ether oxygens (including phenoxy) is 1. The number of carbonyl (C=O) groups is 3. The molecule has 3 aromatic rings. The van der Waals surface area contributed by atoms with Gasteiger partial charge < -0.3 is 10.1 Å². The van der Waals surface area contributed by atoms with Crippen molar-refractivity contribution in [3.8, 4) is 11.1 Å². The minimum atomic E-state index is -0.667. The fourth-order valence-corrected chi connectivity index (χ4v) is 4.81. The average molecular weight is 471 g/mol. The monoisotopic (exact) mass is 470 g/mol. The second-order valence-corrected chi connectivity index (χ2v) is 9.88. The summed E-state index contributed by atoms with van der Waals surface area (Å²) in [5.74, 6) is 0.457. The van der Waals surface area contributed by atoms with E-state index >= 15 is 0 Å². The quantitative estimate of drug-likeness (QED) is 0.329. The maximum Gasteiger partial charge on any atom is 0.312 e. The molecular formula is C29H30N2O4. The summed E-state index contributed by atoms with van der Waals surface area (Å²) < 4.78 is 5.26. The Hall–Kier alpha value is -3.54. The number of aryl methyl sites for hydroxylation is 1. The molecule has 0 saturated heterocycles. The van der Waals surface area contributed by atoms with Gasteiger partial charge in [0.25, 0.3) is 0 Å². The topological polar surface area (TPSA) is 85.4 Å². The maximum atomic E-state index is 13.2. The summed E-state index contributed by atoms with van der Waals surface area (Å²) >= 11 is 0. The van der Waals surface area contributed by atoms with E-state index in [1.807, 2.05) is 43.3 Å². The van der Waals surface area contributed by atoms with Crippen LogP contribution in [0.2, 0.25) is 0 Å². The molecule has 0 atom stereocenters. The Morgan fingerprint density at radius 3 is 2.54 bits per heavy atom. The van der Waals surface area contributed by atoms with Gasteiger partial charge in [-0.1, -0.05) is 30.7 Å². The van der Waals surface area contributed by atoms with Gasteiger partial charge in [0.15, 0.2) is 5.78 Å². The number of nitrogens with one attached hydrogen (secondary N) is 1. The predicted molar refractivity (Wildman–Crippen MR) is 135 cm³/mol. The number of anilines is 1. The van der Waals surface area contributed by atoms with E-state index in [4.69, 9.17) is 4.74 Å². The molecule has 0 aliphatic heterocycles. The molecule has 2 fully saturated rings. The van der Waals surface area contributed by atoms with Crippen molar-refractivity contribution in [1.82, 2.24) is 4.98 Å². The number of pyridine rings is 1. The number of rotatable bonds is 8. The van der Waals surface area contributed by atoms with Crippen LogP contribution < -0.4 is 5.32 Å². The Morgan fingerprint density at radius 2 is 1.86 bits per heavy atom. The van der Waals surface area contributed by atoms with Crippen LogP contribution in [-0.4, -0.2) is 29.3 Å². The van der Waals surface area contributed by atoms with E-state index in [0.717, 1.165) is 46.7 Å². The van der Waals surface area contributed by atoms with Gasteiger partial charge in [0.05, 0.1) is 12.0 Å². The summed E-state index contributed by atoms with van der Waals surface area (Å²) in [5.41, 5.74) is 2.97. The second kappa shape index (κ2) is 9.25. The fraction of sp³-hybridized carbons (Fsp3) is 0.379. The highest BCUT2D eigenvalue weighted by Crippen LogP contribution is 2.46. The highest BCUT2D eigenvalue weighted by Gasteiger charge is 2.47. The van der Waals surface area contributed by atoms with Crippen molar-refractivity contribution < 1.29 is 19.1 Å². The van der Waals surface area contributed by atoms with Gasteiger partial charge in [-0.15, -0.1) is 0 Å². The Kier molecular flexibility index (Phi) is 6.13. The van der Waals surface area contributed by atoms with Gasteiger partial charge in [-0.05, 0) is 79.8 Å². The van der Waals surface area contributed by atoms with E-state index in [1.165, 1.54) is 0 Å². The summed E-state index contributed by atoms with van der Waals surface area (Å²) in [6.07, 6.45) is 6.22. The summed E-state index contributed by atoms with van der Waals surface area (Å²) in [5, 5.41) is 4.84. The fourth-order valence-electron chi connectivity index (χ4n) is 4.81. The number of hydrogen-bond donors (Lipinski definition) is 1. The summed E-state index contributed by atoms with van der Waals surface area (Å²) in [7, 11) is 0. The number of carbonyl (C=O) groups excluding carboxylic acids is 3. The minimum Gasteiger partial charge on any atom is -0.466 e. The molecule has 2 aliphatic carbocycles. The molecule has 1 heterocycles. The third-order valence-corrected chi connectivity index (χ3v) is 7.31. The number of esters is 1. The number of amides is 1. The molecular weight excluding hydrogens is 440 g/mol. The first-order valence-corrected chi connectivity index (χ1v) is 12.4. The summed E-state index contributed by atoms with van der Waals surface area (Å²) in [6.45, 7) is 4.14. The van der Waals surface area contributed by atoms with Crippen LogP contribution >= 0.6 is 0 Å². The van der Waals surface area contributed by atoms with E-state index < -0.39 is 5.41 Å². The first-order valence-electron chi connectivity index (χ1n) is 12.4. The molecule has 0 bridgehead atoms. The lowest BCUT2D eigenvalue weighted by atomic mass is 9.65. The second-order valence-electron chi connectivity index (χ2n) is 9.88. The molecule has 35 heavy (non-hydrogen) atoms. The minimum absolute atomic E-state index is 0.0301. The lowest BCUT2D eigenvalue weighted by Crippen LogP contribution is -2.41. The van der Waals surface area contributed by atoms with Crippen LogP contribution in [-0.2, 0) is 14.3 Å². The number of benzene rings is 2. The van der Waals surface area contributed by atoms with Gasteiger partial charge in [0.2, 0.25) is 5.91 Å². The van der Waals surface area contributed by atoms with Crippen molar-refractivity contribution in [2.24, 2.45) is 11.3 Å². The number of hydrogen-bond acceptors (Lipinski definition) is 5. The molecule has 2 aliphatic rings. The normalized spacial score (nSPS) is 16.4. The standard InChI is InChI=1S/C29H30N2O4/c1-3-35-28(34)29(11-4-12-29)16-25(32)22-6-5-18(2)24(14-22)21-10-9-20-15-26(30-17-23(20)13-21)31-27(33)19-7-8-19/h5-6,9-10,13-15,17,19H,3-4,7-8,11-12,16H2,1-2H3,(H,30,31,33). The Bertz CT molecular complexity index is 1320. The molecule has 1 amide bonds. The molecule has 6 nitrogen and oxygen atoms in total. The van der Waals surface area contributed by atoms with Crippen molar-refractivity contribution in [1.29, 1.82) is 0 Å². The van der Waals surface area contributed by atoms with Crippen molar-refractivity contribution >= 4 is 34.3 Å². The summed E-state index contributed by atoms with van der Waals surface area (Å²) in [6, 6.07) is 13.7. The van der Waals surface area contributed by atoms with Crippen LogP contribution in [0.25, 0.3) is 21.9 Å². The molecule has 2 saturated carbocycles. The third-order valence-electron chi connectivity index (χ3n) is 7.31. The predicted octanol–water partition coefficient (Wildman–Crippen LogP) is 5.86. The molecule has 1 aromatic heterocycles. The molecule has 6 heteroatoms. The number of nitrogens with zero attached hydrogens (tertiary/aromatic N) is 1. The van der Waals surface area contributed by atoms with Crippen LogP contribution in [0.3, 0.4) is 0 Å². The Labute approximate surface area is 205 Å². The van der Waals surface area contributed by atoms with E-state index in [9.17, 15) is 14.4 Å². The lowest BCUT2D eigenvalue weighted by molar-refractivity contribution is -0.160. The molecule has 0 radical (unpaired) electrons. The van der Waals surface area contributed by atoms with E-state index in [-0.39, 0.29) is 30.0 Å². The zero-order chi connectivity index (χ0) is 24.6. The molecule has 0 unspecified atom stereocenters. The van der Waals surface area contributed by atoms with E-state index in [0.29, 0.717) is 30.8 Å². The summed E-state index contributed by atoms with van der Waals surface area (Å²) in [4.78, 5) is 42.2. The number of fused-ring (bicyclic) bond motifs is 1. The van der Waals surface area contributed by atoms with Gasteiger partial charge in [-0.25, -0.2) is 4.98 Å². The van der Waals surface area contributed by atoms with Gasteiger partial charge in [-0.3, -0.25) is 14.4 Å². The highest BCUT2D eigenvalue weighted by atomic mass is 16.5. The van der Waals surface area contributed by atoms with Gasteiger partial charge in [-0.2, -0.15) is 0 Å². The molecule has 5 rings (SSSR count). The average Bonchev–Trinajstić information content (AvgIpc) is 3.67. The molecule has 0 spiro atoms. The largest absolute Gasteiger partial charge is 0.466 e. The van der Waals surface area contributed by atoms with Crippen LogP contribution in [0.4, 0.5) is 5.82 Å². The SMILES string of the molecule is CCOC(=O)C1(CC(=O)c2ccc(C)c(-c3ccc4cc(NC(=O)C5CC5)ncc4c3)c2)CCC1. The van der Waals surface area contributed by atoms with Crippen LogP contribution in [0, 0.1) is 18.3 Å². The molecule has 1 N–H and O–H groups in total. The number of aromatic nitrogens is 1. The number of ketones is 1. The van der Waals surface area contributed by atoms with E-state index in [1.54, 1.807) is 13.1 Å². The first kappa shape index (κ1) is 23.2. The zero-order valence-corrected chi connectivity index (χ0v) is 20.2. The molecule has 180 valence electrons. The lowest BCUT2D eigenvalue weighted by Gasteiger charge is -2.38. The van der Waals surface area contributed by atoms with E-state index in [2.05, 4.69) is 16.4 Å². The zero-order valence-electron chi connectivity index (χ0n) is 20.2. The smallest absolute Gasteiger partial charge is 0.312 e. The van der Waals surface area contributed by atoms with Crippen molar-refractivity contribution in [2.75, 3.05) is 11.9 Å². The van der Waals surface area contributed by atoms with Gasteiger partial charge in [0.1, 0.15) is 5.82 Å². The Morgan fingerprint density at radius 1 is 1.06 bits per heavy atom. The van der Waals surface area contributed by atoms with Gasteiger partial charge >= 0.3 is 5.97 Å². The van der Waals surface area contributed by atoms with Crippen molar-refractivity contribution in [3.05, 3.63) is 59.8 Å². The Balaban J connectivity index is 1.38. The molecule has 2 aromatic carbocycles.